The van der Waals surface area contributed by atoms with Crippen molar-refractivity contribution in [2.45, 2.75) is 50.7 Å². The zero-order chi connectivity index (χ0) is 25.8. The second kappa shape index (κ2) is 11.3. The summed E-state index contributed by atoms with van der Waals surface area (Å²) in [4.78, 5) is 27.5. The van der Waals surface area contributed by atoms with Crippen LogP contribution in [0.4, 0.5) is 0 Å². The zero-order valence-electron chi connectivity index (χ0n) is 19.6. The fraction of sp³-hybridized carbons (Fsp3) is 0.391. The quantitative estimate of drug-likeness (QED) is 0.522. The number of nitrogens with zero attached hydrogens (tertiary/aromatic N) is 2. The number of likely N-dealkylation sites (N-methyl/N-ethyl adjacent to an activating group) is 1. The van der Waals surface area contributed by atoms with Crippen molar-refractivity contribution in [3.63, 3.8) is 0 Å². The largest absolute Gasteiger partial charge is 0.350 e. The summed E-state index contributed by atoms with van der Waals surface area (Å²) in [6, 6.07) is 9.66. The molecule has 0 saturated carbocycles. The first kappa shape index (κ1) is 28.4. The highest BCUT2D eigenvalue weighted by molar-refractivity contribution is 7.89. The highest BCUT2D eigenvalue weighted by Gasteiger charge is 2.31. The molecule has 1 unspecified atom stereocenters. The average Bonchev–Trinajstić information content (AvgIpc) is 2.72. The number of benzene rings is 2. The van der Waals surface area contributed by atoms with Gasteiger partial charge in [0.05, 0.1) is 21.5 Å². The van der Waals surface area contributed by atoms with Crippen LogP contribution in [0.5, 0.6) is 0 Å². The van der Waals surface area contributed by atoms with E-state index in [2.05, 4.69) is 5.32 Å². The molecule has 0 saturated heterocycles. The van der Waals surface area contributed by atoms with Gasteiger partial charge in [0, 0.05) is 24.2 Å². The number of carbonyl (C=O) groups excluding carboxylic acids is 2. The van der Waals surface area contributed by atoms with E-state index in [9.17, 15) is 18.0 Å². The van der Waals surface area contributed by atoms with Crippen molar-refractivity contribution in [1.29, 1.82) is 0 Å². The lowest BCUT2D eigenvalue weighted by Gasteiger charge is -2.32. The summed E-state index contributed by atoms with van der Waals surface area (Å²) >= 11 is 18.0. The molecule has 0 aliphatic heterocycles. The lowest BCUT2D eigenvalue weighted by molar-refractivity contribution is -0.141. The van der Waals surface area contributed by atoms with Gasteiger partial charge in [0.25, 0.3) is 0 Å². The molecule has 0 spiro atoms. The molecule has 34 heavy (non-hydrogen) atoms. The second-order valence-electron chi connectivity index (χ2n) is 8.90. The molecule has 0 aliphatic carbocycles. The first-order chi connectivity index (χ1) is 15.6. The first-order valence-corrected chi connectivity index (χ1v) is 13.0. The Bertz CT molecular complexity index is 1150. The molecule has 0 radical (unpaired) electrons. The predicted octanol–water partition coefficient (Wildman–Crippen LogP) is 4.60. The Labute approximate surface area is 216 Å². The molecule has 0 heterocycles. The topological polar surface area (TPSA) is 86.8 Å². The van der Waals surface area contributed by atoms with Crippen molar-refractivity contribution in [2.75, 3.05) is 13.6 Å². The zero-order valence-corrected chi connectivity index (χ0v) is 22.7. The first-order valence-electron chi connectivity index (χ1n) is 10.4. The van der Waals surface area contributed by atoms with Crippen molar-refractivity contribution < 1.29 is 18.0 Å². The Hall–Kier alpha value is -1.84. The lowest BCUT2D eigenvalue weighted by Crippen LogP contribution is -2.54. The van der Waals surface area contributed by atoms with Gasteiger partial charge in [0.15, 0.2) is 0 Å². The van der Waals surface area contributed by atoms with Crippen molar-refractivity contribution in [2.24, 2.45) is 0 Å². The number of hydrogen-bond donors (Lipinski definition) is 1. The average molecular weight is 549 g/mol. The maximum atomic E-state index is 13.3. The van der Waals surface area contributed by atoms with Gasteiger partial charge in [0.1, 0.15) is 6.04 Å². The van der Waals surface area contributed by atoms with Gasteiger partial charge in [-0.3, -0.25) is 9.59 Å². The normalized spacial score (nSPS) is 13.0. The van der Waals surface area contributed by atoms with Gasteiger partial charge in [-0.1, -0.05) is 40.9 Å². The van der Waals surface area contributed by atoms with Gasteiger partial charge >= 0.3 is 0 Å². The van der Waals surface area contributed by atoms with E-state index in [0.29, 0.717) is 20.6 Å². The minimum atomic E-state index is -3.96. The van der Waals surface area contributed by atoms with E-state index >= 15 is 0 Å². The molecular weight excluding hydrogens is 521 g/mol. The molecule has 2 aromatic carbocycles. The van der Waals surface area contributed by atoms with E-state index in [0.717, 1.165) is 4.31 Å². The molecule has 186 valence electrons. The Morgan fingerprint density at radius 2 is 1.59 bits per heavy atom. The standard InChI is InChI=1S/C23H28Cl3N3O4S/c1-15(22(31)27-23(2,3)4)29(13-16-6-11-19(25)20(26)12-16)21(30)14-28(5)34(32,33)18-9-7-17(24)8-10-18/h6-12,15H,13-14H2,1-5H3,(H,27,31). The van der Waals surface area contributed by atoms with E-state index < -0.39 is 34.1 Å². The van der Waals surface area contributed by atoms with E-state index in [1.54, 1.807) is 25.1 Å². The van der Waals surface area contributed by atoms with Crippen LogP contribution in [-0.4, -0.2) is 54.6 Å². The fourth-order valence-electron chi connectivity index (χ4n) is 3.04. The molecule has 7 nitrogen and oxygen atoms in total. The Morgan fingerprint density at radius 3 is 2.12 bits per heavy atom. The predicted molar refractivity (Wildman–Crippen MR) is 136 cm³/mol. The Morgan fingerprint density at radius 1 is 1.00 bits per heavy atom. The number of carbonyl (C=O) groups is 2. The summed E-state index contributed by atoms with van der Waals surface area (Å²) in [5.41, 5.74) is 0.125. The van der Waals surface area contributed by atoms with Crippen LogP contribution < -0.4 is 5.32 Å². The van der Waals surface area contributed by atoms with Crippen LogP contribution in [0.2, 0.25) is 15.1 Å². The van der Waals surface area contributed by atoms with Gasteiger partial charge in [-0.25, -0.2) is 8.42 Å². The molecule has 0 aromatic heterocycles. The summed E-state index contributed by atoms with van der Waals surface area (Å²) in [5, 5.41) is 3.91. The van der Waals surface area contributed by atoms with E-state index in [1.165, 1.54) is 36.2 Å². The monoisotopic (exact) mass is 547 g/mol. The fourth-order valence-corrected chi connectivity index (χ4v) is 4.61. The van der Waals surface area contributed by atoms with Crippen molar-refractivity contribution in [3.05, 3.63) is 63.1 Å². The van der Waals surface area contributed by atoms with Crippen molar-refractivity contribution >= 4 is 56.6 Å². The molecule has 2 aromatic rings. The molecule has 1 N–H and O–H groups in total. The molecule has 11 heteroatoms. The SMILES string of the molecule is CC(C(=O)NC(C)(C)C)N(Cc1ccc(Cl)c(Cl)c1)C(=O)CN(C)S(=O)(=O)c1ccc(Cl)cc1. The third-order valence-corrected chi connectivity index (χ3v) is 7.69. The van der Waals surface area contributed by atoms with E-state index in [-0.39, 0.29) is 17.3 Å². The number of sulfonamides is 1. The highest BCUT2D eigenvalue weighted by Crippen LogP contribution is 2.24. The Kier molecular flexibility index (Phi) is 9.41. The van der Waals surface area contributed by atoms with Gasteiger partial charge in [0.2, 0.25) is 21.8 Å². The minimum Gasteiger partial charge on any atom is -0.350 e. The molecule has 0 bridgehead atoms. The molecule has 2 amide bonds. The van der Waals surface area contributed by atoms with Gasteiger partial charge in [-0.2, -0.15) is 4.31 Å². The highest BCUT2D eigenvalue weighted by atomic mass is 35.5. The van der Waals surface area contributed by atoms with E-state index in [1.807, 2.05) is 20.8 Å². The summed E-state index contributed by atoms with van der Waals surface area (Å²) in [6.45, 7) is 6.63. The summed E-state index contributed by atoms with van der Waals surface area (Å²) in [6.07, 6.45) is 0. The maximum Gasteiger partial charge on any atom is 0.243 e. The summed E-state index contributed by atoms with van der Waals surface area (Å²) in [5.74, 6) is -0.924. The number of halogens is 3. The molecule has 0 aliphatic rings. The number of hydrogen-bond acceptors (Lipinski definition) is 4. The smallest absolute Gasteiger partial charge is 0.243 e. The number of amides is 2. The van der Waals surface area contributed by atoms with Crippen LogP contribution in [0, 0.1) is 0 Å². The summed E-state index contributed by atoms with van der Waals surface area (Å²) < 4.78 is 26.8. The Balaban J connectivity index is 2.32. The minimum absolute atomic E-state index is 0.00163. The van der Waals surface area contributed by atoms with Gasteiger partial charge < -0.3 is 10.2 Å². The van der Waals surface area contributed by atoms with Crippen LogP contribution >= 0.6 is 34.8 Å². The number of rotatable bonds is 8. The maximum absolute atomic E-state index is 13.3. The summed E-state index contributed by atoms with van der Waals surface area (Å²) in [7, 11) is -2.65. The van der Waals surface area contributed by atoms with Gasteiger partial charge in [-0.15, -0.1) is 0 Å². The van der Waals surface area contributed by atoms with Crippen LogP contribution in [0.25, 0.3) is 0 Å². The third-order valence-electron chi connectivity index (χ3n) is 4.88. The van der Waals surface area contributed by atoms with Crippen molar-refractivity contribution in [3.8, 4) is 0 Å². The van der Waals surface area contributed by atoms with Crippen LogP contribution in [0.15, 0.2) is 47.4 Å². The molecule has 2 rings (SSSR count). The van der Waals surface area contributed by atoms with Crippen LogP contribution in [0.1, 0.15) is 33.3 Å². The lowest BCUT2D eigenvalue weighted by atomic mass is 10.1. The van der Waals surface area contributed by atoms with Crippen LogP contribution in [0.3, 0.4) is 0 Å². The molecular formula is C23H28Cl3N3O4S. The second-order valence-corrected chi connectivity index (χ2v) is 12.2. The van der Waals surface area contributed by atoms with E-state index in [4.69, 9.17) is 34.8 Å². The number of nitrogens with one attached hydrogen (secondary N) is 1. The van der Waals surface area contributed by atoms with Crippen LogP contribution in [-0.2, 0) is 26.2 Å². The van der Waals surface area contributed by atoms with Gasteiger partial charge in [-0.05, 0) is 69.7 Å². The molecule has 0 fully saturated rings. The third kappa shape index (κ3) is 7.58. The molecule has 1 atom stereocenters. The van der Waals surface area contributed by atoms with Crippen molar-refractivity contribution in [1.82, 2.24) is 14.5 Å².